The Hall–Kier alpha value is -2.74. The topological polar surface area (TPSA) is 88.6 Å². The summed E-state index contributed by atoms with van der Waals surface area (Å²) >= 11 is 1.45. The van der Waals surface area contributed by atoms with Gasteiger partial charge in [-0.3, -0.25) is 9.59 Å². The molecule has 2 amide bonds. The van der Waals surface area contributed by atoms with Crippen molar-refractivity contribution in [2.75, 3.05) is 27.2 Å². The van der Waals surface area contributed by atoms with E-state index in [4.69, 9.17) is 4.74 Å². The first kappa shape index (κ1) is 17.6. The van der Waals surface area contributed by atoms with Crippen molar-refractivity contribution < 1.29 is 19.1 Å². The zero-order chi connectivity index (χ0) is 17.5. The number of carbonyl (C=O) groups is 3. The first-order valence-corrected chi connectivity index (χ1v) is 7.94. The standard InChI is InChI=1S/C16H17N3O4S/c1-19(2)15(21)9-17-13(20)10-23-16(22)8-7-14-18-11-5-3-4-6-12(11)24-14/h3-8H,9-10H2,1-2H3,(H,17,20)/b8-7+. The minimum absolute atomic E-state index is 0.134. The number of nitrogens with one attached hydrogen (secondary N) is 1. The molecule has 0 aliphatic heterocycles. The summed E-state index contributed by atoms with van der Waals surface area (Å²) in [6, 6.07) is 7.65. The Morgan fingerprint density at radius 3 is 2.75 bits per heavy atom. The molecule has 8 heteroatoms. The van der Waals surface area contributed by atoms with Crippen LogP contribution in [0.25, 0.3) is 16.3 Å². The van der Waals surface area contributed by atoms with Crippen molar-refractivity contribution in [1.82, 2.24) is 15.2 Å². The molecule has 0 atom stereocenters. The number of ether oxygens (including phenoxy) is 1. The van der Waals surface area contributed by atoms with Crippen LogP contribution in [0.1, 0.15) is 5.01 Å². The summed E-state index contributed by atoms with van der Waals surface area (Å²) in [5, 5.41) is 3.04. The first-order valence-electron chi connectivity index (χ1n) is 7.13. The van der Waals surface area contributed by atoms with E-state index in [0.29, 0.717) is 5.01 Å². The van der Waals surface area contributed by atoms with Crippen LogP contribution in [0.2, 0.25) is 0 Å². The molecular weight excluding hydrogens is 330 g/mol. The summed E-state index contributed by atoms with van der Waals surface area (Å²) in [5.74, 6) is -1.43. The van der Waals surface area contributed by atoms with Crippen molar-refractivity contribution in [3.8, 4) is 0 Å². The zero-order valence-electron chi connectivity index (χ0n) is 13.3. The lowest BCUT2D eigenvalue weighted by Gasteiger charge is -2.10. The van der Waals surface area contributed by atoms with Crippen LogP contribution in [-0.2, 0) is 19.1 Å². The van der Waals surface area contributed by atoms with Gasteiger partial charge in [0.1, 0.15) is 5.01 Å². The number of hydrogen-bond acceptors (Lipinski definition) is 6. The fraction of sp³-hybridized carbons (Fsp3) is 0.250. The summed E-state index contributed by atoms with van der Waals surface area (Å²) < 4.78 is 5.83. The lowest BCUT2D eigenvalue weighted by atomic mass is 10.3. The molecule has 0 saturated heterocycles. The zero-order valence-corrected chi connectivity index (χ0v) is 14.1. The largest absolute Gasteiger partial charge is 0.452 e. The lowest BCUT2D eigenvalue weighted by molar-refractivity contribution is -0.144. The molecule has 0 unspecified atom stereocenters. The molecule has 0 fully saturated rings. The maximum Gasteiger partial charge on any atom is 0.331 e. The first-order chi connectivity index (χ1) is 11.5. The van der Waals surface area contributed by atoms with Gasteiger partial charge < -0.3 is 15.0 Å². The number of thiazole rings is 1. The molecular formula is C16H17N3O4S. The second-order valence-electron chi connectivity index (χ2n) is 5.03. The maximum absolute atomic E-state index is 11.6. The van der Waals surface area contributed by atoms with E-state index in [9.17, 15) is 14.4 Å². The molecule has 24 heavy (non-hydrogen) atoms. The molecule has 1 N–H and O–H groups in total. The molecule has 1 aromatic carbocycles. The van der Waals surface area contributed by atoms with Gasteiger partial charge >= 0.3 is 5.97 Å². The SMILES string of the molecule is CN(C)C(=O)CNC(=O)COC(=O)/C=C/c1nc2ccccc2s1. The Morgan fingerprint density at radius 2 is 2.04 bits per heavy atom. The monoisotopic (exact) mass is 347 g/mol. The Balaban J connectivity index is 1.78. The molecule has 7 nitrogen and oxygen atoms in total. The van der Waals surface area contributed by atoms with Crippen molar-refractivity contribution >= 4 is 45.4 Å². The van der Waals surface area contributed by atoms with Crippen LogP contribution >= 0.6 is 11.3 Å². The van der Waals surface area contributed by atoms with Crippen LogP contribution in [0.4, 0.5) is 0 Å². The predicted octanol–water partition coefficient (Wildman–Crippen LogP) is 1.06. The van der Waals surface area contributed by atoms with E-state index in [1.807, 2.05) is 24.3 Å². The van der Waals surface area contributed by atoms with E-state index in [0.717, 1.165) is 10.2 Å². The lowest BCUT2D eigenvalue weighted by Crippen LogP contribution is -2.38. The van der Waals surface area contributed by atoms with Gasteiger partial charge in [0.15, 0.2) is 6.61 Å². The molecule has 0 bridgehead atoms. The third-order valence-electron chi connectivity index (χ3n) is 2.95. The molecule has 2 rings (SSSR count). The molecule has 0 spiro atoms. The summed E-state index contributed by atoms with van der Waals surface area (Å²) in [6.07, 6.45) is 2.76. The molecule has 2 aromatic rings. The number of carbonyl (C=O) groups excluding carboxylic acids is 3. The number of amides is 2. The van der Waals surface area contributed by atoms with E-state index >= 15 is 0 Å². The van der Waals surface area contributed by atoms with Crippen molar-refractivity contribution in [3.63, 3.8) is 0 Å². The number of esters is 1. The molecule has 1 heterocycles. The summed E-state index contributed by atoms with van der Waals surface area (Å²) in [7, 11) is 3.17. The van der Waals surface area contributed by atoms with Gasteiger partial charge in [-0.1, -0.05) is 12.1 Å². The second kappa shape index (κ2) is 8.21. The quantitative estimate of drug-likeness (QED) is 0.623. The van der Waals surface area contributed by atoms with Gasteiger partial charge in [0.2, 0.25) is 5.91 Å². The highest BCUT2D eigenvalue weighted by Crippen LogP contribution is 2.22. The molecule has 0 radical (unpaired) electrons. The Morgan fingerprint density at radius 1 is 1.29 bits per heavy atom. The van der Waals surface area contributed by atoms with Gasteiger partial charge in [0.05, 0.1) is 16.8 Å². The van der Waals surface area contributed by atoms with Crippen LogP contribution in [0, 0.1) is 0 Å². The number of para-hydroxylation sites is 1. The number of rotatable bonds is 6. The fourth-order valence-electron chi connectivity index (χ4n) is 1.67. The average molecular weight is 347 g/mol. The maximum atomic E-state index is 11.6. The number of hydrogen-bond donors (Lipinski definition) is 1. The van der Waals surface area contributed by atoms with Gasteiger partial charge in [-0.15, -0.1) is 11.3 Å². The van der Waals surface area contributed by atoms with Crippen molar-refractivity contribution in [1.29, 1.82) is 0 Å². The Bertz CT molecular complexity index is 749. The number of fused-ring (bicyclic) bond motifs is 1. The smallest absolute Gasteiger partial charge is 0.331 e. The highest BCUT2D eigenvalue weighted by Gasteiger charge is 2.09. The molecule has 0 aliphatic rings. The van der Waals surface area contributed by atoms with Crippen molar-refractivity contribution in [3.05, 3.63) is 35.3 Å². The Labute approximate surface area is 142 Å². The highest BCUT2D eigenvalue weighted by molar-refractivity contribution is 7.19. The summed E-state index contributed by atoms with van der Waals surface area (Å²) in [5.41, 5.74) is 0.862. The van der Waals surface area contributed by atoms with E-state index < -0.39 is 18.5 Å². The highest BCUT2D eigenvalue weighted by atomic mass is 32.1. The second-order valence-corrected chi connectivity index (χ2v) is 6.09. The summed E-state index contributed by atoms with van der Waals surface area (Å²) in [4.78, 5) is 40.1. The molecule has 126 valence electrons. The van der Waals surface area contributed by atoms with E-state index in [2.05, 4.69) is 10.3 Å². The van der Waals surface area contributed by atoms with Crippen molar-refractivity contribution in [2.24, 2.45) is 0 Å². The number of aromatic nitrogens is 1. The molecule has 0 aliphatic carbocycles. The minimum Gasteiger partial charge on any atom is -0.452 e. The van der Waals surface area contributed by atoms with E-state index in [1.54, 1.807) is 20.2 Å². The van der Waals surface area contributed by atoms with Crippen LogP contribution in [0.15, 0.2) is 30.3 Å². The van der Waals surface area contributed by atoms with Crippen LogP contribution < -0.4 is 5.32 Å². The average Bonchev–Trinajstić information content (AvgIpc) is 2.98. The van der Waals surface area contributed by atoms with Gasteiger partial charge in [-0.05, 0) is 18.2 Å². The molecule has 0 saturated carbocycles. The normalized spacial score (nSPS) is 10.8. The van der Waals surface area contributed by atoms with Gasteiger partial charge in [-0.25, -0.2) is 9.78 Å². The van der Waals surface area contributed by atoms with Crippen molar-refractivity contribution in [2.45, 2.75) is 0 Å². The van der Waals surface area contributed by atoms with Crippen LogP contribution in [-0.4, -0.2) is 54.9 Å². The minimum atomic E-state index is -0.650. The third kappa shape index (κ3) is 5.17. The summed E-state index contributed by atoms with van der Waals surface area (Å²) in [6.45, 7) is -0.575. The van der Waals surface area contributed by atoms with Gasteiger partial charge in [0, 0.05) is 20.2 Å². The van der Waals surface area contributed by atoms with E-state index in [1.165, 1.54) is 22.3 Å². The van der Waals surface area contributed by atoms with Crippen LogP contribution in [0.3, 0.4) is 0 Å². The van der Waals surface area contributed by atoms with Gasteiger partial charge in [0.25, 0.3) is 5.91 Å². The van der Waals surface area contributed by atoms with Gasteiger partial charge in [-0.2, -0.15) is 0 Å². The van der Waals surface area contributed by atoms with Crippen LogP contribution in [0.5, 0.6) is 0 Å². The number of likely N-dealkylation sites (N-methyl/N-ethyl adjacent to an activating group) is 1. The number of benzene rings is 1. The number of nitrogens with zero attached hydrogens (tertiary/aromatic N) is 2. The Kier molecular flexibility index (Phi) is 6.02. The fourth-order valence-corrected chi connectivity index (χ4v) is 2.54. The van der Waals surface area contributed by atoms with E-state index in [-0.39, 0.29) is 12.5 Å². The molecule has 1 aromatic heterocycles. The third-order valence-corrected chi connectivity index (χ3v) is 3.96. The predicted molar refractivity (Wildman–Crippen MR) is 91.3 cm³/mol.